The number of rotatable bonds is 16. The molecule has 5 aliphatic rings. The molecule has 1 amide bonds. The third-order valence-electron chi connectivity index (χ3n) is 17.7. The number of fused-ring (bicyclic) bond motifs is 2. The van der Waals surface area contributed by atoms with E-state index in [9.17, 15) is 39.6 Å². The molecule has 20 atom stereocenters. The molecule has 4 fully saturated rings. The summed E-state index contributed by atoms with van der Waals surface area (Å²) in [7, 11) is 5.24. The number of likely N-dealkylation sites (N-methyl/N-ethyl adjacent to an activating group) is 1. The van der Waals surface area contributed by atoms with Crippen LogP contribution >= 0.6 is 0 Å². The number of ether oxygens (including phenoxy) is 11. The van der Waals surface area contributed by atoms with Crippen molar-refractivity contribution in [1.82, 2.24) is 14.8 Å². The minimum absolute atomic E-state index is 0.0201. The van der Waals surface area contributed by atoms with Gasteiger partial charge in [-0.2, -0.15) is 0 Å². The van der Waals surface area contributed by atoms with Crippen molar-refractivity contribution >= 4 is 28.9 Å². The number of carboxylic acids is 1. The SMILES string of the molecule is CC[C@H]1OC(=O)[C@H](C)[C@@H](O[C@H]2C[C@@](C)(OC)[C@@H](OC(=O)NCCOCCCc3cc4c5c(c3)c(=O)c(C(=O)O)cn5C(C)(C)OC4)[C@H](C)O2)[C@H](C)[C@@H](O[C@@H]2O[C@H](C)C[C@H](N(C)C)[C@H]2O)[C@](C)(O)C[C@@H](C)[C@@H]2O[C@H](C)O[C@H]([C@@H]2C)[C@]1(C)O. The number of alkyl carbamates (subject to hydrolysis) is 1. The molecule has 0 spiro atoms. The zero-order chi connectivity index (χ0) is 59.8. The van der Waals surface area contributed by atoms with E-state index in [0.717, 1.165) is 11.1 Å². The Labute approximate surface area is 476 Å². The van der Waals surface area contributed by atoms with Crippen molar-refractivity contribution in [2.24, 2.45) is 23.7 Å². The van der Waals surface area contributed by atoms with Gasteiger partial charge in [-0.05, 0) is 126 Å². The molecule has 5 aliphatic heterocycles. The Kier molecular flexibility index (Phi) is 20.6. The number of carbonyl (C=O) groups is 3. The highest BCUT2D eigenvalue weighted by Crippen LogP contribution is 2.44. The van der Waals surface area contributed by atoms with Gasteiger partial charge >= 0.3 is 18.0 Å². The maximum atomic E-state index is 14.7. The van der Waals surface area contributed by atoms with Crippen LogP contribution in [0, 0.1) is 23.7 Å². The summed E-state index contributed by atoms with van der Waals surface area (Å²) >= 11 is 0. The number of amides is 1. The summed E-state index contributed by atoms with van der Waals surface area (Å²) in [5, 5.41) is 50.0. The van der Waals surface area contributed by atoms with Crippen LogP contribution in [0.5, 0.6) is 0 Å². The number of hydrogen-bond donors (Lipinski definition) is 5. The monoisotopic (exact) mass is 1150 g/mol. The van der Waals surface area contributed by atoms with E-state index in [-0.39, 0.29) is 62.6 Å². The third-order valence-corrected chi connectivity index (χ3v) is 17.7. The number of carbonyl (C=O) groups excluding carboxylic acids is 2. The molecule has 2 aromatic rings. The molecular formula is C59H93N3O19. The van der Waals surface area contributed by atoms with Gasteiger partial charge in [-0.25, -0.2) is 9.59 Å². The van der Waals surface area contributed by atoms with Crippen molar-refractivity contribution in [2.75, 3.05) is 41.0 Å². The van der Waals surface area contributed by atoms with E-state index in [0.29, 0.717) is 36.8 Å². The number of aromatic nitrogens is 1. The van der Waals surface area contributed by atoms with Crippen LogP contribution in [0.25, 0.3) is 10.9 Å². The molecule has 0 unspecified atom stereocenters. The first-order chi connectivity index (χ1) is 37.8. The first-order valence-electron chi connectivity index (χ1n) is 28.9. The molecule has 5 N–H and O–H groups in total. The van der Waals surface area contributed by atoms with Crippen molar-refractivity contribution in [2.45, 2.75) is 238 Å². The van der Waals surface area contributed by atoms with Gasteiger partial charge in [0.1, 0.15) is 34.7 Å². The quantitative estimate of drug-likeness (QED) is 0.101. The Morgan fingerprint density at radius 3 is 2.26 bits per heavy atom. The number of hydrogen-bond acceptors (Lipinski definition) is 19. The fourth-order valence-electron chi connectivity index (χ4n) is 13.4. The Bertz CT molecular complexity index is 2570. The lowest BCUT2D eigenvalue weighted by Gasteiger charge is -2.51. The molecule has 6 heterocycles. The summed E-state index contributed by atoms with van der Waals surface area (Å²) in [6.45, 7) is 24.1. The lowest BCUT2D eigenvalue weighted by molar-refractivity contribution is -0.325. The number of methoxy groups -OCH3 is 1. The van der Waals surface area contributed by atoms with Crippen LogP contribution in [0.15, 0.2) is 23.1 Å². The molecule has 0 saturated carbocycles. The van der Waals surface area contributed by atoms with Crippen molar-refractivity contribution in [3.8, 4) is 0 Å². The number of aromatic carboxylic acids is 1. The zero-order valence-corrected chi connectivity index (χ0v) is 50.4. The molecular weight excluding hydrogens is 1050 g/mol. The number of carboxylic acid groups (broad SMARTS) is 1. The molecule has 4 saturated heterocycles. The molecule has 7 rings (SSSR count). The molecule has 0 radical (unpaired) electrons. The largest absolute Gasteiger partial charge is 0.477 e. The number of esters is 1. The summed E-state index contributed by atoms with van der Waals surface area (Å²) < 4.78 is 71.3. The predicted molar refractivity (Wildman–Crippen MR) is 295 cm³/mol. The van der Waals surface area contributed by atoms with Crippen LogP contribution < -0.4 is 10.7 Å². The van der Waals surface area contributed by atoms with Gasteiger partial charge in [0, 0.05) is 61.7 Å². The molecule has 22 nitrogen and oxygen atoms in total. The van der Waals surface area contributed by atoms with Crippen molar-refractivity contribution in [3.05, 3.63) is 45.2 Å². The van der Waals surface area contributed by atoms with Gasteiger partial charge in [-0.15, -0.1) is 0 Å². The number of nitrogens with one attached hydrogen (secondary N) is 1. The summed E-state index contributed by atoms with van der Waals surface area (Å²) in [6.07, 6.45) is -8.13. The summed E-state index contributed by atoms with van der Waals surface area (Å²) in [6, 6.07) is 3.37. The van der Waals surface area contributed by atoms with E-state index in [1.165, 1.54) is 13.3 Å². The normalized spacial score (nSPS) is 39.4. The molecule has 22 heteroatoms. The number of nitrogens with zero attached hydrogens (tertiary/aromatic N) is 2. The lowest BCUT2D eigenvalue weighted by atomic mass is 9.73. The van der Waals surface area contributed by atoms with Gasteiger partial charge in [0.15, 0.2) is 25.0 Å². The maximum absolute atomic E-state index is 14.7. The van der Waals surface area contributed by atoms with E-state index in [1.54, 1.807) is 52.2 Å². The zero-order valence-electron chi connectivity index (χ0n) is 50.4. The fourth-order valence-corrected chi connectivity index (χ4v) is 13.4. The Balaban J connectivity index is 1.04. The molecule has 1 aromatic carbocycles. The number of aryl methyl sites for hydroxylation is 1. The Morgan fingerprint density at radius 1 is 0.901 bits per heavy atom. The van der Waals surface area contributed by atoms with Crippen molar-refractivity contribution in [1.29, 1.82) is 0 Å². The van der Waals surface area contributed by atoms with Gasteiger partial charge in [0.25, 0.3) is 0 Å². The van der Waals surface area contributed by atoms with E-state index >= 15 is 0 Å². The van der Waals surface area contributed by atoms with Crippen molar-refractivity contribution < 1.29 is 86.9 Å². The second-order valence-corrected chi connectivity index (χ2v) is 25.0. The third kappa shape index (κ3) is 14.0. The number of aliphatic hydroxyl groups is 3. The Hall–Kier alpha value is -3.88. The lowest BCUT2D eigenvalue weighted by Crippen LogP contribution is -2.63. The van der Waals surface area contributed by atoms with E-state index in [1.807, 2.05) is 73.5 Å². The minimum Gasteiger partial charge on any atom is -0.477 e. The van der Waals surface area contributed by atoms with Gasteiger partial charge in [-0.1, -0.05) is 33.8 Å². The highest BCUT2D eigenvalue weighted by molar-refractivity contribution is 5.94. The average Bonchev–Trinajstić information content (AvgIpc) is 3.45. The van der Waals surface area contributed by atoms with Gasteiger partial charge in [-0.3, -0.25) is 9.59 Å². The summed E-state index contributed by atoms with van der Waals surface area (Å²) in [4.78, 5) is 55.4. The molecule has 81 heavy (non-hydrogen) atoms. The number of benzene rings is 1. The van der Waals surface area contributed by atoms with Gasteiger partial charge < -0.3 is 87.3 Å². The van der Waals surface area contributed by atoms with Crippen LogP contribution in [0.3, 0.4) is 0 Å². The Morgan fingerprint density at radius 2 is 1.60 bits per heavy atom. The van der Waals surface area contributed by atoms with E-state index in [4.69, 9.17) is 52.1 Å². The van der Waals surface area contributed by atoms with Crippen LogP contribution in [0.4, 0.5) is 4.79 Å². The van der Waals surface area contributed by atoms with Gasteiger partial charge in [0.2, 0.25) is 5.43 Å². The van der Waals surface area contributed by atoms with Crippen LogP contribution in [0.1, 0.15) is 144 Å². The smallest absolute Gasteiger partial charge is 0.407 e. The summed E-state index contributed by atoms with van der Waals surface area (Å²) in [5.74, 6) is -4.67. The standard InChI is InChI=1S/C59H93N3O19/c1-17-42-59(13,70)50-32(4)47(76-36(8)77-50)30(2)26-57(11,69)49(80-54-46(64)41(61(14)15)23-31(3)74-54)33(5)48(34(6)53(67)78-42)79-43-27-58(12,71-16)51(35(7)75-43)81-55(68)60-20-22-72-21-18-19-37-24-38-29-73-56(9,10)62-28-40(52(65)66)45(63)39(25-37)44(38)62/h24-25,28,30-36,41-43,46-51,54,64,69-70H,17-23,26-27,29H2,1-16H3,(H,60,68)(H,65,66)/t30-,31-,32-,33+,34-,35+,36+,41+,42-,43+,46-,47+,48+,49-,50-,51+,54+,57-,58-,59-/m1/s1. The number of cyclic esters (lactones) is 1. The fraction of sp³-hybridized carbons (Fsp3) is 0.797. The maximum Gasteiger partial charge on any atom is 0.407 e. The predicted octanol–water partition coefficient (Wildman–Crippen LogP) is 5.60. The molecule has 2 bridgehead atoms. The van der Waals surface area contributed by atoms with Crippen LogP contribution in [-0.2, 0) is 75.7 Å². The van der Waals surface area contributed by atoms with E-state index < -0.39 is 131 Å². The highest BCUT2D eigenvalue weighted by Gasteiger charge is 2.56. The second kappa shape index (κ2) is 25.8. The number of pyridine rings is 1. The topological polar surface area (TPSA) is 271 Å². The van der Waals surface area contributed by atoms with Crippen molar-refractivity contribution in [3.63, 3.8) is 0 Å². The van der Waals surface area contributed by atoms with E-state index in [2.05, 4.69) is 5.32 Å². The first kappa shape index (κ1) is 64.7. The molecule has 1 aromatic heterocycles. The highest BCUT2D eigenvalue weighted by atomic mass is 16.7. The van der Waals surface area contributed by atoms with Gasteiger partial charge in [0.05, 0.1) is 66.9 Å². The van der Waals surface area contributed by atoms with Crippen LogP contribution in [0.2, 0.25) is 0 Å². The first-order valence-corrected chi connectivity index (χ1v) is 28.9. The van der Waals surface area contributed by atoms with Crippen LogP contribution in [-0.4, -0.2) is 186 Å². The number of aliphatic hydroxyl groups excluding tert-OH is 1. The average molecular weight is 1150 g/mol. The summed E-state index contributed by atoms with van der Waals surface area (Å²) in [5.41, 5.74) is -3.97. The minimum atomic E-state index is -1.69. The second-order valence-electron chi connectivity index (χ2n) is 25.0. The molecule has 0 aliphatic carbocycles. The molecule has 458 valence electrons.